The average Bonchev–Trinajstić information content (AvgIpc) is 3.04. The molecule has 1 spiro atoms. The first-order valence-corrected chi connectivity index (χ1v) is 11.8. The van der Waals surface area contributed by atoms with Crippen LogP contribution in [0.25, 0.3) is 0 Å². The van der Waals surface area contributed by atoms with Crippen LogP contribution in [0.4, 0.5) is 5.69 Å². The van der Waals surface area contributed by atoms with Crippen molar-refractivity contribution in [3.8, 4) is 0 Å². The normalized spacial score (nSPS) is 30.9. The minimum Gasteiger partial charge on any atom is -0.478 e. The molecule has 1 saturated heterocycles. The van der Waals surface area contributed by atoms with Gasteiger partial charge in [0.15, 0.2) is 5.79 Å². The molecule has 1 fully saturated rings. The number of hydrogen-bond donors (Lipinski definition) is 4. The number of carbonyl (C=O) groups is 1. The molecule has 9 nitrogen and oxygen atoms in total. The van der Waals surface area contributed by atoms with E-state index in [9.17, 15) is 28.5 Å². The molecule has 1 aliphatic carbocycles. The molecule has 1 aromatic carbocycles. The summed E-state index contributed by atoms with van der Waals surface area (Å²) in [7, 11) is -4.17. The molecule has 1 aliphatic heterocycles. The zero-order chi connectivity index (χ0) is 23.0. The molecule has 31 heavy (non-hydrogen) atoms. The van der Waals surface area contributed by atoms with Crippen molar-refractivity contribution < 1.29 is 38.0 Å². The molecular weight excluding hydrogens is 450 g/mol. The summed E-state index contributed by atoms with van der Waals surface area (Å²) in [4.78, 5) is 12.0. The van der Waals surface area contributed by atoms with Gasteiger partial charge in [0.1, 0.15) is 17.0 Å². The molecule has 1 heterocycles. The van der Waals surface area contributed by atoms with Crippen LogP contribution in [-0.2, 0) is 24.3 Å². The second-order valence-corrected chi connectivity index (χ2v) is 10.1. The largest absolute Gasteiger partial charge is 0.478 e. The number of rotatable bonds is 7. The molecule has 2 aliphatic rings. The Kier molecular flexibility index (Phi) is 6.71. The summed E-state index contributed by atoms with van der Waals surface area (Å²) >= 11 is 6.12. The highest BCUT2D eigenvalue weighted by molar-refractivity contribution is 7.93. The number of aryl methyl sites for hydroxylation is 1. The molecule has 0 aromatic heterocycles. The van der Waals surface area contributed by atoms with Crippen molar-refractivity contribution in [2.45, 2.75) is 55.9 Å². The molecule has 3 rings (SSSR count). The molecule has 4 N–H and O–H groups in total. The number of benzene rings is 1. The Hall–Kier alpha value is -1.69. The van der Waals surface area contributed by atoms with Gasteiger partial charge in [0, 0.05) is 6.42 Å². The second kappa shape index (κ2) is 8.68. The van der Waals surface area contributed by atoms with E-state index in [0.29, 0.717) is 12.0 Å². The molecule has 0 radical (unpaired) electrons. The standard InChI is InChI=1S/C20H26ClNO8S/c1-3-19(11-24)16(10-23)29-20(30-19)8-7-15(13(9-20)18(25)26)31(27,28)22-17-12(2)5-4-6-14(17)21/h4-6,9,15-16,22-24H,3,7-8,10-11H2,1-2H3,(H,25,26)/t15?,16-,19-,20?/m1/s1. The molecule has 0 saturated carbocycles. The maximum atomic E-state index is 13.1. The predicted molar refractivity (Wildman–Crippen MR) is 113 cm³/mol. The monoisotopic (exact) mass is 475 g/mol. The van der Waals surface area contributed by atoms with Crippen molar-refractivity contribution >= 4 is 33.3 Å². The van der Waals surface area contributed by atoms with Crippen LogP contribution < -0.4 is 4.72 Å². The van der Waals surface area contributed by atoms with Crippen molar-refractivity contribution in [3.63, 3.8) is 0 Å². The summed E-state index contributed by atoms with van der Waals surface area (Å²) in [6, 6.07) is 4.89. The lowest BCUT2D eigenvalue weighted by Crippen LogP contribution is -2.46. The quantitative estimate of drug-likeness (QED) is 0.467. The fourth-order valence-electron chi connectivity index (χ4n) is 4.09. The SMILES string of the molecule is CC[C@]1(CO)OC2(C=C(C(=O)O)C(S(=O)(=O)Nc3c(C)cccc3Cl)CC2)O[C@@H]1CO. The fraction of sp³-hybridized carbons (Fsp3) is 0.550. The van der Waals surface area contributed by atoms with Gasteiger partial charge in [0.05, 0.1) is 29.5 Å². The number of nitrogens with one attached hydrogen (secondary N) is 1. The molecule has 11 heteroatoms. The van der Waals surface area contributed by atoms with Gasteiger partial charge in [0.2, 0.25) is 10.0 Å². The van der Waals surface area contributed by atoms with Gasteiger partial charge in [-0.15, -0.1) is 0 Å². The summed E-state index contributed by atoms with van der Waals surface area (Å²) in [5.74, 6) is -2.98. The number of aliphatic hydroxyl groups excluding tert-OH is 2. The third-order valence-electron chi connectivity index (χ3n) is 5.90. The Bertz CT molecular complexity index is 971. The smallest absolute Gasteiger partial charge is 0.332 e. The summed E-state index contributed by atoms with van der Waals surface area (Å²) in [5, 5.41) is 28.1. The van der Waals surface area contributed by atoms with Gasteiger partial charge < -0.3 is 24.8 Å². The van der Waals surface area contributed by atoms with Gasteiger partial charge in [0.25, 0.3) is 0 Å². The number of aliphatic hydroxyl groups is 2. The number of carboxylic acids is 1. The minimum absolute atomic E-state index is 0.0229. The number of sulfonamides is 1. The Morgan fingerprint density at radius 3 is 2.58 bits per heavy atom. The van der Waals surface area contributed by atoms with Gasteiger partial charge in [-0.1, -0.05) is 30.7 Å². The van der Waals surface area contributed by atoms with Crippen LogP contribution in [0, 0.1) is 6.92 Å². The van der Waals surface area contributed by atoms with E-state index in [1.54, 1.807) is 26.0 Å². The fourth-order valence-corrected chi connectivity index (χ4v) is 6.05. The Balaban J connectivity index is 1.98. The van der Waals surface area contributed by atoms with Crippen LogP contribution in [0.2, 0.25) is 5.02 Å². The summed E-state index contributed by atoms with van der Waals surface area (Å²) in [5.41, 5.74) is -0.848. The van der Waals surface area contributed by atoms with Crippen LogP contribution in [0.1, 0.15) is 31.7 Å². The Morgan fingerprint density at radius 1 is 1.35 bits per heavy atom. The first kappa shape index (κ1) is 24.0. The van der Waals surface area contributed by atoms with Crippen molar-refractivity contribution in [3.05, 3.63) is 40.4 Å². The van der Waals surface area contributed by atoms with Gasteiger partial charge in [-0.2, -0.15) is 0 Å². The number of ether oxygens (including phenoxy) is 2. The van der Waals surface area contributed by atoms with Crippen LogP contribution in [-0.4, -0.2) is 65.7 Å². The lowest BCUT2D eigenvalue weighted by Gasteiger charge is -2.35. The third-order valence-corrected chi connectivity index (χ3v) is 7.94. The summed E-state index contributed by atoms with van der Waals surface area (Å²) in [6.07, 6.45) is 0.473. The zero-order valence-corrected chi connectivity index (χ0v) is 18.7. The molecule has 2 unspecified atom stereocenters. The number of para-hydroxylation sites is 1. The summed E-state index contributed by atoms with van der Waals surface area (Å²) < 4.78 is 40.4. The molecule has 1 aromatic rings. The lowest BCUT2D eigenvalue weighted by atomic mass is 9.93. The minimum atomic E-state index is -4.17. The van der Waals surface area contributed by atoms with E-state index in [4.69, 9.17) is 21.1 Å². The van der Waals surface area contributed by atoms with Gasteiger partial charge >= 0.3 is 5.97 Å². The molecular formula is C20H26ClNO8S. The van der Waals surface area contributed by atoms with Crippen molar-refractivity contribution in [1.29, 1.82) is 0 Å². The zero-order valence-electron chi connectivity index (χ0n) is 17.2. The van der Waals surface area contributed by atoms with Crippen molar-refractivity contribution in [1.82, 2.24) is 0 Å². The Labute approximate surface area is 185 Å². The number of carboxylic acid groups (broad SMARTS) is 1. The van der Waals surface area contributed by atoms with E-state index in [1.165, 1.54) is 6.07 Å². The topological polar surface area (TPSA) is 142 Å². The maximum absolute atomic E-state index is 13.1. The van der Waals surface area contributed by atoms with Crippen LogP contribution >= 0.6 is 11.6 Å². The predicted octanol–water partition coefficient (Wildman–Crippen LogP) is 1.81. The van der Waals surface area contributed by atoms with Crippen molar-refractivity contribution in [2.24, 2.45) is 0 Å². The molecule has 0 bridgehead atoms. The van der Waals surface area contributed by atoms with Gasteiger partial charge in [-0.05, 0) is 37.5 Å². The number of hydrogen-bond acceptors (Lipinski definition) is 7. The van der Waals surface area contributed by atoms with E-state index in [-0.39, 0.29) is 23.6 Å². The first-order chi connectivity index (χ1) is 14.5. The van der Waals surface area contributed by atoms with E-state index >= 15 is 0 Å². The molecule has 4 atom stereocenters. The van der Waals surface area contributed by atoms with Crippen LogP contribution in [0.15, 0.2) is 29.8 Å². The highest BCUT2D eigenvalue weighted by atomic mass is 35.5. The average molecular weight is 476 g/mol. The van der Waals surface area contributed by atoms with Gasteiger partial charge in [-0.25, -0.2) is 13.2 Å². The third kappa shape index (κ3) is 4.33. The van der Waals surface area contributed by atoms with E-state index in [0.717, 1.165) is 6.08 Å². The molecule has 0 amide bonds. The van der Waals surface area contributed by atoms with Crippen LogP contribution in [0.5, 0.6) is 0 Å². The maximum Gasteiger partial charge on any atom is 0.332 e. The molecule has 172 valence electrons. The van der Waals surface area contributed by atoms with E-state index in [1.807, 2.05) is 0 Å². The van der Waals surface area contributed by atoms with E-state index in [2.05, 4.69) is 4.72 Å². The highest BCUT2D eigenvalue weighted by Crippen LogP contribution is 2.46. The highest BCUT2D eigenvalue weighted by Gasteiger charge is 2.57. The summed E-state index contributed by atoms with van der Waals surface area (Å²) in [6.45, 7) is 2.54. The number of aliphatic carboxylic acids is 1. The Morgan fingerprint density at radius 2 is 2.06 bits per heavy atom. The second-order valence-electron chi connectivity index (χ2n) is 7.79. The van der Waals surface area contributed by atoms with Crippen LogP contribution in [0.3, 0.4) is 0 Å². The number of anilines is 1. The van der Waals surface area contributed by atoms with Gasteiger partial charge in [-0.3, -0.25) is 4.72 Å². The first-order valence-electron chi connectivity index (χ1n) is 9.85. The number of halogens is 1. The van der Waals surface area contributed by atoms with Crippen molar-refractivity contribution in [2.75, 3.05) is 17.9 Å². The van der Waals surface area contributed by atoms with E-state index < -0.39 is 57.5 Å². The lowest BCUT2D eigenvalue weighted by molar-refractivity contribution is -0.171.